The molecule has 1 aromatic carbocycles. The van der Waals surface area contributed by atoms with E-state index in [1.165, 1.54) is 19.2 Å². The number of ether oxygens (including phenoxy) is 1. The maximum atomic E-state index is 10.3. The van der Waals surface area contributed by atoms with E-state index < -0.39 is 5.97 Å². The molecule has 0 aliphatic heterocycles. The molecule has 1 aromatic rings. The summed E-state index contributed by atoms with van der Waals surface area (Å²) in [6, 6.07) is 6.14. The molecule has 0 amide bonds. The van der Waals surface area contributed by atoms with E-state index in [4.69, 9.17) is 4.74 Å². The second-order valence-corrected chi connectivity index (χ2v) is 2.02. The van der Waals surface area contributed by atoms with Crippen molar-refractivity contribution in [1.29, 1.82) is 0 Å². The highest BCUT2D eigenvalue weighted by Crippen LogP contribution is 2.11. The Labute approximate surface area is 64.2 Å². The summed E-state index contributed by atoms with van der Waals surface area (Å²) in [5, 5.41) is 10.3. The van der Waals surface area contributed by atoms with E-state index >= 15 is 0 Å². The lowest BCUT2D eigenvalue weighted by atomic mass is 10.2. The van der Waals surface area contributed by atoms with Crippen LogP contribution in [0.4, 0.5) is 0 Å². The minimum atomic E-state index is -1.19. The van der Waals surface area contributed by atoms with Crippen LogP contribution in [-0.2, 0) is 5.11 Å². The monoisotopic (exact) mass is 151 g/mol. The highest BCUT2D eigenvalue weighted by molar-refractivity contribution is 5.87. The molecule has 11 heavy (non-hydrogen) atoms. The van der Waals surface area contributed by atoms with Gasteiger partial charge in [-0.05, 0) is 18.2 Å². The van der Waals surface area contributed by atoms with E-state index in [1.807, 2.05) is 0 Å². The summed E-state index contributed by atoms with van der Waals surface area (Å²) in [6.07, 6.45) is 0. The van der Waals surface area contributed by atoms with Crippen molar-refractivity contribution in [3.63, 3.8) is 0 Å². The molecule has 3 nitrogen and oxygen atoms in total. The van der Waals surface area contributed by atoms with Gasteiger partial charge in [0.25, 0.3) is 0 Å². The second kappa shape index (κ2) is 3.05. The number of hydrogen-bond donors (Lipinski definition) is 0. The van der Waals surface area contributed by atoms with Gasteiger partial charge in [0.15, 0.2) is 0 Å². The fourth-order valence-electron chi connectivity index (χ4n) is 0.750. The fraction of sp³-hybridized carbons (Fsp3) is 0.125. The van der Waals surface area contributed by atoms with Crippen molar-refractivity contribution in [2.45, 2.75) is 0 Å². The van der Waals surface area contributed by atoms with Gasteiger partial charge in [-0.1, -0.05) is 6.07 Å². The normalized spacial score (nSPS) is 9.18. The first-order valence-corrected chi connectivity index (χ1v) is 3.09. The molecule has 0 N–H and O–H groups in total. The van der Waals surface area contributed by atoms with Crippen molar-refractivity contribution in [1.82, 2.24) is 0 Å². The average molecular weight is 151 g/mol. The van der Waals surface area contributed by atoms with Crippen molar-refractivity contribution >= 4 is 5.97 Å². The zero-order chi connectivity index (χ0) is 8.27. The van der Waals surface area contributed by atoms with Crippen LogP contribution in [0.25, 0.3) is 0 Å². The SMILES string of the molecule is COc1cccc(C([O])=O)c1. The van der Waals surface area contributed by atoms with Crippen LogP contribution in [0.2, 0.25) is 0 Å². The molecule has 1 rings (SSSR count). The Morgan fingerprint density at radius 1 is 1.45 bits per heavy atom. The van der Waals surface area contributed by atoms with Gasteiger partial charge in [-0.2, -0.15) is 0 Å². The maximum Gasteiger partial charge on any atom is 0.386 e. The second-order valence-electron chi connectivity index (χ2n) is 2.02. The smallest absolute Gasteiger partial charge is 0.386 e. The van der Waals surface area contributed by atoms with Crippen LogP contribution in [0.5, 0.6) is 5.75 Å². The first-order valence-electron chi connectivity index (χ1n) is 3.09. The number of benzene rings is 1. The van der Waals surface area contributed by atoms with Crippen molar-refractivity contribution < 1.29 is 14.6 Å². The van der Waals surface area contributed by atoms with Crippen LogP contribution < -0.4 is 4.74 Å². The van der Waals surface area contributed by atoms with Crippen LogP contribution in [0, 0.1) is 0 Å². The third-order valence-corrected chi connectivity index (χ3v) is 1.31. The highest BCUT2D eigenvalue weighted by atomic mass is 16.5. The van der Waals surface area contributed by atoms with Gasteiger partial charge in [-0.25, -0.2) is 9.90 Å². The van der Waals surface area contributed by atoms with Crippen LogP contribution in [0.3, 0.4) is 0 Å². The molecule has 1 radical (unpaired) electrons. The van der Waals surface area contributed by atoms with Gasteiger partial charge in [-0.3, -0.25) is 0 Å². The largest absolute Gasteiger partial charge is 0.497 e. The lowest BCUT2D eigenvalue weighted by molar-refractivity contribution is 0.0573. The third-order valence-electron chi connectivity index (χ3n) is 1.31. The minimum Gasteiger partial charge on any atom is -0.497 e. The van der Waals surface area contributed by atoms with Gasteiger partial charge in [0.2, 0.25) is 0 Å². The first kappa shape index (κ1) is 7.60. The van der Waals surface area contributed by atoms with Crippen molar-refractivity contribution in [3.05, 3.63) is 29.8 Å². The van der Waals surface area contributed by atoms with Gasteiger partial charge in [0.05, 0.1) is 12.7 Å². The summed E-state index contributed by atoms with van der Waals surface area (Å²) in [7, 11) is 1.48. The Kier molecular flexibility index (Phi) is 2.11. The third kappa shape index (κ3) is 1.70. The van der Waals surface area contributed by atoms with E-state index in [0.29, 0.717) is 5.75 Å². The van der Waals surface area contributed by atoms with E-state index in [1.54, 1.807) is 12.1 Å². The van der Waals surface area contributed by atoms with Gasteiger partial charge in [0, 0.05) is 0 Å². The summed E-state index contributed by atoms with van der Waals surface area (Å²) < 4.78 is 4.81. The molecule has 0 fully saturated rings. The van der Waals surface area contributed by atoms with Crippen LogP contribution in [-0.4, -0.2) is 13.1 Å². The lowest BCUT2D eigenvalue weighted by Crippen LogP contribution is -1.94. The Morgan fingerprint density at radius 3 is 2.73 bits per heavy atom. The molecule has 0 bridgehead atoms. The van der Waals surface area contributed by atoms with Gasteiger partial charge in [-0.15, -0.1) is 0 Å². The average Bonchev–Trinajstić information content (AvgIpc) is 2.05. The van der Waals surface area contributed by atoms with E-state index in [2.05, 4.69) is 0 Å². The molecule has 0 saturated heterocycles. The maximum absolute atomic E-state index is 10.3. The molecule has 57 valence electrons. The molecule has 0 aliphatic carbocycles. The zero-order valence-corrected chi connectivity index (χ0v) is 6.03. The summed E-state index contributed by atoms with van der Waals surface area (Å²) in [5.74, 6) is -0.671. The van der Waals surface area contributed by atoms with E-state index in [-0.39, 0.29) is 5.56 Å². The molecule has 0 atom stereocenters. The van der Waals surface area contributed by atoms with Gasteiger partial charge >= 0.3 is 5.97 Å². The molecule has 0 heterocycles. The van der Waals surface area contributed by atoms with Crippen molar-refractivity contribution in [2.75, 3.05) is 7.11 Å². The first-order chi connectivity index (χ1) is 5.24. The zero-order valence-electron chi connectivity index (χ0n) is 6.03. The molecule has 0 spiro atoms. The predicted octanol–water partition coefficient (Wildman–Crippen LogP) is 1.27. The quantitative estimate of drug-likeness (QED) is 0.638. The Morgan fingerprint density at radius 2 is 2.18 bits per heavy atom. The van der Waals surface area contributed by atoms with Crippen LogP contribution in [0.1, 0.15) is 10.4 Å². The van der Waals surface area contributed by atoms with Gasteiger partial charge in [0.1, 0.15) is 5.75 Å². The number of carbonyl (C=O) groups is 1. The summed E-state index contributed by atoms with van der Waals surface area (Å²) >= 11 is 0. The molecule has 0 aliphatic rings. The molecular weight excluding hydrogens is 144 g/mol. The number of hydrogen-bond acceptors (Lipinski definition) is 2. The Hall–Kier alpha value is -1.51. The predicted molar refractivity (Wildman–Crippen MR) is 38.0 cm³/mol. The summed E-state index contributed by atoms with van der Waals surface area (Å²) in [4.78, 5) is 10.3. The lowest BCUT2D eigenvalue weighted by Gasteiger charge is -1.98. The molecule has 0 unspecified atom stereocenters. The fourth-order valence-corrected chi connectivity index (χ4v) is 0.750. The number of methoxy groups -OCH3 is 1. The van der Waals surface area contributed by atoms with Gasteiger partial charge < -0.3 is 4.74 Å². The molecule has 0 aromatic heterocycles. The highest BCUT2D eigenvalue weighted by Gasteiger charge is 2.04. The minimum absolute atomic E-state index is 0.129. The van der Waals surface area contributed by atoms with Crippen molar-refractivity contribution in [2.24, 2.45) is 0 Å². The summed E-state index contributed by atoms with van der Waals surface area (Å²) in [6.45, 7) is 0. The Balaban J connectivity index is 3.01. The molecule has 3 heteroatoms. The summed E-state index contributed by atoms with van der Waals surface area (Å²) in [5.41, 5.74) is 0.129. The Bertz CT molecular complexity index is 268. The van der Waals surface area contributed by atoms with E-state index in [9.17, 15) is 9.90 Å². The standard InChI is InChI=1S/C8H7O3/c1-11-7-4-2-3-6(5-7)8(9)10/h2-5H,1H3. The van der Waals surface area contributed by atoms with Crippen LogP contribution >= 0.6 is 0 Å². The number of carbonyl (C=O) groups excluding carboxylic acids is 1. The van der Waals surface area contributed by atoms with Crippen LogP contribution in [0.15, 0.2) is 24.3 Å². The van der Waals surface area contributed by atoms with Crippen molar-refractivity contribution in [3.8, 4) is 5.75 Å². The van der Waals surface area contributed by atoms with E-state index in [0.717, 1.165) is 0 Å². The molecule has 0 saturated carbocycles. The topological polar surface area (TPSA) is 46.2 Å². The number of rotatable bonds is 2. The molecular formula is C8H7O3.